The molecule has 105 valence electrons. The molecule has 4 aromatic rings. The summed E-state index contributed by atoms with van der Waals surface area (Å²) in [6.07, 6.45) is 1.84. The van der Waals surface area contributed by atoms with Crippen LogP contribution in [0.2, 0.25) is 0 Å². The average Bonchev–Trinajstić information content (AvgIpc) is 2.81. The van der Waals surface area contributed by atoms with Gasteiger partial charge in [-0.25, -0.2) is 0 Å². The van der Waals surface area contributed by atoms with Crippen LogP contribution >= 0.6 is 0 Å². The van der Waals surface area contributed by atoms with Gasteiger partial charge in [0.2, 0.25) is 0 Å². The molecule has 0 N–H and O–H groups in total. The fourth-order valence-electron chi connectivity index (χ4n) is 2.71. The topological polar surface area (TPSA) is 17.8 Å². The second-order valence-electron chi connectivity index (χ2n) is 4.98. The van der Waals surface area contributed by atoms with Gasteiger partial charge in [-0.3, -0.25) is 0 Å². The molecule has 2 heterocycles. The summed E-state index contributed by atoms with van der Waals surface area (Å²) in [5, 5.41) is 1.08. The molecule has 0 saturated heterocycles. The standard InChI is InChI=1S/C18H13N2.Ir/c1-13-9-10-15-17(12-13)20(14-6-3-2-4-7-14)16-8-5-11-19-18(15)16;/h2-9,11-12H,1H3;/q-1;. The van der Waals surface area contributed by atoms with E-state index in [-0.39, 0.29) is 20.1 Å². The summed E-state index contributed by atoms with van der Waals surface area (Å²) in [5.41, 5.74) is 5.64. The maximum atomic E-state index is 4.53. The zero-order valence-electron chi connectivity index (χ0n) is 11.5. The number of rotatable bonds is 1. The van der Waals surface area contributed by atoms with E-state index < -0.39 is 0 Å². The van der Waals surface area contributed by atoms with E-state index in [1.54, 1.807) is 0 Å². The maximum absolute atomic E-state index is 4.53. The minimum absolute atomic E-state index is 0. The summed E-state index contributed by atoms with van der Waals surface area (Å²) in [6.45, 7) is 2.09. The number of benzene rings is 2. The van der Waals surface area contributed by atoms with E-state index in [0.717, 1.165) is 27.6 Å². The van der Waals surface area contributed by atoms with E-state index in [9.17, 15) is 0 Å². The number of hydrogen-bond acceptors (Lipinski definition) is 1. The molecule has 0 saturated carbocycles. The Bertz CT molecular complexity index is 910. The van der Waals surface area contributed by atoms with Crippen molar-refractivity contribution in [2.24, 2.45) is 0 Å². The van der Waals surface area contributed by atoms with E-state index in [1.807, 2.05) is 24.4 Å². The fourth-order valence-corrected chi connectivity index (χ4v) is 2.71. The smallest absolute Gasteiger partial charge is 0.0366 e. The molecule has 0 unspecified atom stereocenters. The number of hydrogen-bond donors (Lipinski definition) is 0. The first-order valence-electron chi connectivity index (χ1n) is 6.67. The third-order valence-corrected chi connectivity index (χ3v) is 3.58. The molecule has 21 heavy (non-hydrogen) atoms. The largest absolute Gasteiger partial charge is 0.358 e. The predicted molar refractivity (Wildman–Crippen MR) is 82.1 cm³/mol. The van der Waals surface area contributed by atoms with Gasteiger partial charge in [-0.2, -0.15) is 0 Å². The zero-order valence-corrected chi connectivity index (χ0v) is 13.9. The summed E-state index contributed by atoms with van der Waals surface area (Å²) in [5.74, 6) is 0. The molecule has 0 atom stereocenters. The second kappa shape index (κ2) is 5.44. The van der Waals surface area contributed by atoms with Gasteiger partial charge in [-0.1, -0.05) is 30.5 Å². The van der Waals surface area contributed by atoms with Crippen LogP contribution in [-0.4, -0.2) is 9.55 Å². The van der Waals surface area contributed by atoms with Crippen molar-refractivity contribution in [2.75, 3.05) is 0 Å². The maximum Gasteiger partial charge on any atom is 0.0366 e. The van der Waals surface area contributed by atoms with E-state index in [2.05, 4.69) is 58.9 Å². The third kappa shape index (κ3) is 2.19. The van der Waals surface area contributed by atoms with Crippen LogP contribution in [0.4, 0.5) is 0 Å². The minimum Gasteiger partial charge on any atom is -0.358 e. The summed E-state index contributed by atoms with van der Waals surface area (Å²) >= 11 is 0. The van der Waals surface area contributed by atoms with Gasteiger partial charge in [0.15, 0.2) is 0 Å². The van der Waals surface area contributed by atoms with Crippen molar-refractivity contribution in [1.29, 1.82) is 0 Å². The van der Waals surface area contributed by atoms with Gasteiger partial charge >= 0.3 is 0 Å². The summed E-state index contributed by atoms with van der Waals surface area (Å²) in [4.78, 5) is 4.53. The third-order valence-electron chi connectivity index (χ3n) is 3.58. The quantitative estimate of drug-likeness (QED) is 0.397. The van der Waals surface area contributed by atoms with Gasteiger partial charge in [0, 0.05) is 43.0 Å². The molecule has 2 aromatic carbocycles. The molecule has 1 radical (unpaired) electrons. The average molecular weight is 450 g/mol. The number of para-hydroxylation sites is 1. The molecule has 0 spiro atoms. The molecule has 0 aliphatic rings. The van der Waals surface area contributed by atoms with Crippen molar-refractivity contribution in [1.82, 2.24) is 9.55 Å². The predicted octanol–water partition coefficient (Wildman–Crippen LogP) is 4.28. The van der Waals surface area contributed by atoms with Crippen molar-refractivity contribution in [3.63, 3.8) is 0 Å². The summed E-state index contributed by atoms with van der Waals surface area (Å²) < 4.78 is 2.25. The molecule has 0 bridgehead atoms. The Morgan fingerprint density at radius 3 is 2.62 bits per heavy atom. The first-order chi connectivity index (χ1) is 9.84. The van der Waals surface area contributed by atoms with E-state index in [4.69, 9.17) is 0 Å². The van der Waals surface area contributed by atoms with E-state index in [1.165, 1.54) is 5.56 Å². The number of aryl methyl sites for hydroxylation is 1. The Hall–Kier alpha value is -1.96. The minimum atomic E-state index is 0. The van der Waals surface area contributed by atoms with Gasteiger partial charge in [-0.15, -0.1) is 23.8 Å². The molecule has 3 heteroatoms. The second-order valence-corrected chi connectivity index (χ2v) is 4.98. The van der Waals surface area contributed by atoms with Crippen LogP contribution in [-0.2, 0) is 20.1 Å². The molecule has 4 rings (SSSR count). The molecule has 0 amide bonds. The number of aromatic nitrogens is 2. The Labute approximate surface area is 136 Å². The Morgan fingerprint density at radius 2 is 1.81 bits per heavy atom. The molecule has 2 nitrogen and oxygen atoms in total. The Morgan fingerprint density at radius 1 is 1.00 bits per heavy atom. The first-order valence-corrected chi connectivity index (χ1v) is 6.67. The molecule has 2 aromatic heterocycles. The monoisotopic (exact) mass is 450 g/mol. The van der Waals surface area contributed by atoms with Gasteiger partial charge in [0.05, 0.1) is 0 Å². The first kappa shape index (κ1) is 14.0. The van der Waals surface area contributed by atoms with Crippen LogP contribution in [0.15, 0.2) is 60.8 Å². The van der Waals surface area contributed by atoms with Crippen LogP contribution in [0.3, 0.4) is 0 Å². The zero-order chi connectivity index (χ0) is 13.5. The Kier molecular flexibility index (Phi) is 3.62. The van der Waals surface area contributed by atoms with Crippen LogP contribution in [0, 0.1) is 13.0 Å². The van der Waals surface area contributed by atoms with Crippen molar-refractivity contribution >= 4 is 21.9 Å². The van der Waals surface area contributed by atoms with Gasteiger partial charge in [0.1, 0.15) is 0 Å². The fraction of sp³-hybridized carbons (Fsp3) is 0.0556. The summed E-state index contributed by atoms with van der Waals surface area (Å²) in [6, 6.07) is 22.1. The van der Waals surface area contributed by atoms with Crippen LogP contribution in [0.25, 0.3) is 27.6 Å². The number of fused-ring (bicyclic) bond motifs is 3. The van der Waals surface area contributed by atoms with Crippen LogP contribution in [0.5, 0.6) is 0 Å². The van der Waals surface area contributed by atoms with E-state index in [0.29, 0.717) is 0 Å². The van der Waals surface area contributed by atoms with Gasteiger partial charge < -0.3 is 9.55 Å². The molecule has 0 aliphatic heterocycles. The molecule has 0 fully saturated rings. The molecular weight excluding hydrogens is 436 g/mol. The van der Waals surface area contributed by atoms with Crippen molar-refractivity contribution in [3.05, 3.63) is 72.4 Å². The van der Waals surface area contributed by atoms with E-state index >= 15 is 0 Å². The van der Waals surface area contributed by atoms with Crippen molar-refractivity contribution < 1.29 is 20.1 Å². The van der Waals surface area contributed by atoms with Gasteiger partial charge in [-0.05, 0) is 29.8 Å². The van der Waals surface area contributed by atoms with Gasteiger partial charge in [0.25, 0.3) is 0 Å². The number of nitrogens with zero attached hydrogens (tertiary/aromatic N) is 2. The van der Waals surface area contributed by atoms with Crippen molar-refractivity contribution in [2.45, 2.75) is 6.92 Å². The van der Waals surface area contributed by atoms with Crippen molar-refractivity contribution in [3.8, 4) is 5.69 Å². The van der Waals surface area contributed by atoms with Crippen LogP contribution < -0.4 is 0 Å². The molecular formula is C18H13IrN2-. The van der Waals surface area contributed by atoms with Crippen LogP contribution in [0.1, 0.15) is 5.56 Å². The Balaban J connectivity index is 0.00000132. The molecule has 0 aliphatic carbocycles. The SMILES string of the molecule is Cc1c[c-]c2c3ncccc3n(-c3ccccc3)c2c1.[Ir]. The summed E-state index contributed by atoms with van der Waals surface area (Å²) in [7, 11) is 0. The normalized spacial score (nSPS) is 10.7. The number of pyridine rings is 1.